The molecule has 0 spiro atoms. The normalized spacial score (nSPS) is 25.8. The topological polar surface area (TPSA) is 38.3 Å². The van der Waals surface area contributed by atoms with Gasteiger partial charge < -0.3 is 10.1 Å². The molecule has 1 saturated heterocycles. The van der Waals surface area contributed by atoms with Crippen molar-refractivity contribution < 1.29 is 9.53 Å². The van der Waals surface area contributed by atoms with Crippen LogP contribution in [0.2, 0.25) is 0 Å². The van der Waals surface area contributed by atoms with Crippen molar-refractivity contribution >= 4 is 17.5 Å². The first kappa shape index (κ1) is 14.4. The number of alkyl halides is 1. The Balaban J connectivity index is 2.08. The van der Waals surface area contributed by atoms with Crippen molar-refractivity contribution in [2.75, 3.05) is 12.5 Å². The van der Waals surface area contributed by atoms with Gasteiger partial charge in [0.15, 0.2) is 0 Å². The maximum absolute atomic E-state index is 12.3. The molecular weight excluding hydrogens is 262 g/mol. The summed E-state index contributed by atoms with van der Waals surface area (Å²) in [6.45, 7) is 4.44. The molecule has 0 aromatic heterocycles. The maximum Gasteiger partial charge on any atom is 0.226 e. The highest BCUT2D eigenvalue weighted by molar-refractivity contribution is 6.18. The molecule has 0 radical (unpaired) electrons. The first-order valence-electron chi connectivity index (χ1n) is 6.60. The van der Waals surface area contributed by atoms with E-state index in [-0.39, 0.29) is 17.9 Å². The van der Waals surface area contributed by atoms with Gasteiger partial charge in [0.1, 0.15) is 0 Å². The average Bonchev–Trinajstić information content (AvgIpc) is 2.86. The van der Waals surface area contributed by atoms with Gasteiger partial charge in [-0.2, -0.15) is 0 Å². The molecule has 1 N–H and O–H groups in total. The highest BCUT2D eigenvalue weighted by Gasteiger charge is 2.34. The summed E-state index contributed by atoms with van der Waals surface area (Å²) >= 11 is 6.08. The third-order valence-corrected chi connectivity index (χ3v) is 4.18. The number of halogens is 1. The monoisotopic (exact) mass is 281 g/mol. The molecule has 1 aliphatic heterocycles. The lowest BCUT2D eigenvalue weighted by Crippen LogP contribution is -2.47. The number of ether oxygens (including phenoxy) is 1. The lowest BCUT2D eigenvalue weighted by Gasteiger charge is -2.30. The summed E-state index contributed by atoms with van der Waals surface area (Å²) in [6, 6.07) is 9.82. The van der Waals surface area contributed by atoms with Gasteiger partial charge in [-0.25, -0.2) is 0 Å². The minimum absolute atomic E-state index is 0.0244. The zero-order valence-corrected chi connectivity index (χ0v) is 12.1. The minimum atomic E-state index is -0.536. The van der Waals surface area contributed by atoms with Gasteiger partial charge in [0.2, 0.25) is 5.91 Å². The fourth-order valence-corrected chi connectivity index (χ4v) is 2.58. The first-order chi connectivity index (χ1) is 9.05. The third kappa shape index (κ3) is 3.28. The van der Waals surface area contributed by atoms with E-state index in [1.807, 2.05) is 44.2 Å². The zero-order valence-electron chi connectivity index (χ0n) is 11.4. The number of amides is 1. The van der Waals surface area contributed by atoms with Crippen molar-refractivity contribution in [1.29, 1.82) is 0 Å². The van der Waals surface area contributed by atoms with Crippen LogP contribution in [0, 0.1) is 5.92 Å². The fraction of sp³-hybridized carbons (Fsp3) is 0.533. The number of carbonyl (C=O) groups excluding carboxylic acids is 1. The summed E-state index contributed by atoms with van der Waals surface area (Å²) in [7, 11) is 0. The van der Waals surface area contributed by atoms with E-state index in [1.165, 1.54) is 0 Å². The van der Waals surface area contributed by atoms with E-state index in [4.69, 9.17) is 16.3 Å². The van der Waals surface area contributed by atoms with Crippen LogP contribution in [0.5, 0.6) is 0 Å². The second-order valence-corrected chi connectivity index (χ2v) is 5.66. The molecule has 4 heteroatoms. The minimum Gasteiger partial charge on any atom is -0.378 e. The molecule has 104 valence electrons. The van der Waals surface area contributed by atoms with E-state index >= 15 is 0 Å². The largest absolute Gasteiger partial charge is 0.378 e. The first-order valence-corrected chi connectivity index (χ1v) is 7.14. The summed E-state index contributed by atoms with van der Waals surface area (Å²) < 4.78 is 5.45. The van der Waals surface area contributed by atoms with Crippen LogP contribution < -0.4 is 5.32 Å². The van der Waals surface area contributed by atoms with Gasteiger partial charge in [-0.05, 0) is 25.8 Å². The molecule has 1 aromatic rings. The predicted octanol–water partition coefficient (Wildman–Crippen LogP) is 2.68. The lowest BCUT2D eigenvalue weighted by atomic mass is 9.92. The molecule has 1 heterocycles. The van der Waals surface area contributed by atoms with Gasteiger partial charge in [0.25, 0.3) is 0 Å². The summed E-state index contributed by atoms with van der Waals surface area (Å²) in [4.78, 5) is 12.3. The summed E-state index contributed by atoms with van der Waals surface area (Å²) in [5.74, 6) is 0.295. The second kappa shape index (κ2) is 5.93. The number of carbonyl (C=O) groups is 1. The van der Waals surface area contributed by atoms with Crippen LogP contribution in [0.1, 0.15) is 25.8 Å². The predicted molar refractivity (Wildman–Crippen MR) is 76.2 cm³/mol. The molecule has 3 atom stereocenters. The number of nitrogens with one attached hydrogen (secondary N) is 1. The highest BCUT2D eigenvalue weighted by Crippen LogP contribution is 2.25. The fourth-order valence-electron chi connectivity index (χ4n) is 2.36. The van der Waals surface area contributed by atoms with Crippen LogP contribution in [-0.4, -0.2) is 24.5 Å². The van der Waals surface area contributed by atoms with Gasteiger partial charge in [0.05, 0.1) is 24.2 Å². The molecule has 1 amide bonds. The Bertz CT molecular complexity index is 437. The molecule has 3 unspecified atom stereocenters. The number of benzene rings is 1. The third-order valence-electron chi connectivity index (χ3n) is 3.65. The van der Waals surface area contributed by atoms with Gasteiger partial charge in [0, 0.05) is 5.88 Å². The summed E-state index contributed by atoms with van der Waals surface area (Å²) in [5.41, 5.74) is 0.483. The average molecular weight is 282 g/mol. The molecular formula is C15H20ClNO2. The zero-order chi connectivity index (χ0) is 13.9. The van der Waals surface area contributed by atoms with Crippen molar-refractivity contribution in [3.8, 4) is 0 Å². The van der Waals surface area contributed by atoms with Crippen LogP contribution in [0.15, 0.2) is 30.3 Å². The van der Waals surface area contributed by atoms with Crippen molar-refractivity contribution in [2.24, 2.45) is 5.92 Å². The molecule has 1 fully saturated rings. The Kier molecular flexibility index (Phi) is 4.48. The smallest absolute Gasteiger partial charge is 0.226 e. The van der Waals surface area contributed by atoms with Crippen LogP contribution in [0.25, 0.3) is 0 Å². The van der Waals surface area contributed by atoms with E-state index in [1.54, 1.807) is 0 Å². The molecule has 1 aliphatic rings. The number of rotatable bonds is 4. The van der Waals surface area contributed by atoms with Gasteiger partial charge in [-0.15, -0.1) is 11.6 Å². The van der Waals surface area contributed by atoms with E-state index < -0.39 is 5.54 Å². The summed E-state index contributed by atoms with van der Waals surface area (Å²) in [6.07, 6.45) is 0.939. The maximum atomic E-state index is 12.3. The van der Waals surface area contributed by atoms with Gasteiger partial charge in [-0.1, -0.05) is 30.3 Å². The van der Waals surface area contributed by atoms with Crippen molar-refractivity contribution in [1.82, 2.24) is 5.32 Å². The summed E-state index contributed by atoms with van der Waals surface area (Å²) in [5, 5.41) is 3.07. The quantitative estimate of drug-likeness (QED) is 0.862. The van der Waals surface area contributed by atoms with Gasteiger partial charge in [-0.3, -0.25) is 4.79 Å². The van der Waals surface area contributed by atoms with Crippen LogP contribution in [0.4, 0.5) is 0 Å². The van der Waals surface area contributed by atoms with Crippen LogP contribution >= 0.6 is 11.6 Å². The Morgan fingerprint density at radius 3 is 2.68 bits per heavy atom. The Hall–Kier alpha value is -1.06. The number of hydrogen-bond acceptors (Lipinski definition) is 2. The molecule has 0 bridgehead atoms. The molecule has 0 saturated carbocycles. The lowest BCUT2D eigenvalue weighted by molar-refractivity contribution is -0.126. The van der Waals surface area contributed by atoms with Crippen molar-refractivity contribution in [3.63, 3.8) is 0 Å². The van der Waals surface area contributed by atoms with E-state index in [0.717, 1.165) is 12.0 Å². The number of hydrogen-bond donors (Lipinski definition) is 1. The molecule has 0 aliphatic carbocycles. The van der Waals surface area contributed by atoms with E-state index in [9.17, 15) is 4.79 Å². The van der Waals surface area contributed by atoms with Crippen LogP contribution in [-0.2, 0) is 15.1 Å². The molecule has 1 aromatic carbocycles. The second-order valence-electron chi connectivity index (χ2n) is 5.40. The highest BCUT2D eigenvalue weighted by atomic mass is 35.5. The van der Waals surface area contributed by atoms with Crippen molar-refractivity contribution in [3.05, 3.63) is 35.9 Å². The Morgan fingerprint density at radius 2 is 2.16 bits per heavy atom. The van der Waals surface area contributed by atoms with Gasteiger partial charge >= 0.3 is 0 Å². The molecule has 3 nitrogen and oxygen atoms in total. The van der Waals surface area contributed by atoms with Crippen LogP contribution in [0.3, 0.4) is 0 Å². The Labute approximate surface area is 119 Å². The molecule has 2 rings (SSSR count). The van der Waals surface area contributed by atoms with Crippen molar-refractivity contribution in [2.45, 2.75) is 31.9 Å². The SMILES string of the molecule is CC1CC(C(=O)NC(C)(CCl)c2ccccc2)CO1. The standard InChI is InChI=1S/C15H20ClNO2/c1-11-8-12(9-19-11)14(18)17-15(2,10-16)13-6-4-3-5-7-13/h3-7,11-12H,8-10H2,1-2H3,(H,17,18). The van der Waals surface area contributed by atoms with E-state index in [0.29, 0.717) is 12.5 Å². The van der Waals surface area contributed by atoms with E-state index in [2.05, 4.69) is 5.32 Å². The molecule has 19 heavy (non-hydrogen) atoms. The Morgan fingerprint density at radius 1 is 1.47 bits per heavy atom.